The second-order valence-electron chi connectivity index (χ2n) is 1.19. The molecule has 2 radical (unpaired) electrons. The van der Waals surface area contributed by atoms with Gasteiger partial charge in [-0.3, -0.25) is 0 Å². The van der Waals surface area contributed by atoms with Crippen LogP contribution < -0.4 is 0 Å². The Bertz CT molecular complexity index is 104. The lowest BCUT2D eigenvalue weighted by molar-refractivity contribution is 1.55. The van der Waals surface area contributed by atoms with E-state index in [-0.39, 0.29) is 5.61 Å². The van der Waals surface area contributed by atoms with Crippen LogP contribution >= 0.6 is 15.9 Å². The smallest absolute Gasteiger partial charge is 0.140 e. The summed E-state index contributed by atoms with van der Waals surface area (Å²) < 4.78 is 0.875. The number of hydrogen-bond acceptors (Lipinski definition) is 1. The largest absolute Gasteiger partial charge is 0.317 e. The van der Waals surface area contributed by atoms with Crippen LogP contribution in [-0.4, -0.2) is 13.5 Å². The second-order valence-corrected chi connectivity index (χ2v) is 2.44. The Kier molecular flexibility index (Phi) is 3.00. The van der Waals surface area contributed by atoms with E-state index in [0.717, 1.165) is 4.48 Å². The van der Waals surface area contributed by atoms with Crippen molar-refractivity contribution in [2.45, 2.75) is 6.92 Å². The molecule has 1 nitrogen and oxygen atoms in total. The van der Waals surface area contributed by atoms with Gasteiger partial charge in [-0.2, -0.15) is 0 Å². The molecule has 0 amide bonds. The first kappa shape index (κ1) is 6.95. The SMILES string of the molecule is [B]C(=N)/C=C(\C)Br. The molecule has 0 bridgehead atoms. The molecule has 0 aliphatic carbocycles. The standard InChI is InChI=1S/C4H5BBrN/c1-3(6)2-4(5)7/h2,7H,1H3/b3-2+,7-4?. The number of nitrogens with one attached hydrogen (secondary N) is 1. The van der Waals surface area contributed by atoms with Crippen LogP contribution in [0.1, 0.15) is 6.92 Å². The fraction of sp³-hybridized carbons (Fsp3) is 0.250. The van der Waals surface area contributed by atoms with Crippen molar-refractivity contribution < 1.29 is 0 Å². The molecule has 36 valence electrons. The fourth-order valence-electron chi connectivity index (χ4n) is 0.214. The Labute approximate surface area is 52.8 Å². The molecule has 7 heavy (non-hydrogen) atoms. The minimum atomic E-state index is 0.0781. The van der Waals surface area contributed by atoms with Gasteiger partial charge < -0.3 is 5.41 Å². The molecule has 0 aromatic heterocycles. The Morgan fingerprint density at radius 1 is 1.86 bits per heavy atom. The van der Waals surface area contributed by atoms with E-state index in [0.29, 0.717) is 0 Å². The molecule has 0 rings (SSSR count). The Balaban J connectivity index is 3.68. The maximum Gasteiger partial charge on any atom is 0.140 e. The highest BCUT2D eigenvalue weighted by Crippen LogP contribution is 1.99. The van der Waals surface area contributed by atoms with E-state index in [4.69, 9.17) is 13.3 Å². The maximum atomic E-state index is 6.70. The van der Waals surface area contributed by atoms with Gasteiger partial charge >= 0.3 is 0 Å². The summed E-state index contributed by atoms with van der Waals surface area (Å²) in [6.45, 7) is 1.82. The van der Waals surface area contributed by atoms with Crippen LogP contribution in [0, 0.1) is 5.41 Å². The number of halogens is 1. The van der Waals surface area contributed by atoms with Crippen molar-refractivity contribution in [3.8, 4) is 0 Å². The Morgan fingerprint density at radius 3 is 2.29 bits per heavy atom. The van der Waals surface area contributed by atoms with Crippen molar-refractivity contribution in [3.63, 3.8) is 0 Å². The van der Waals surface area contributed by atoms with Crippen LogP contribution in [0.25, 0.3) is 0 Å². The quantitative estimate of drug-likeness (QED) is 0.440. The zero-order valence-corrected chi connectivity index (χ0v) is 5.62. The number of rotatable bonds is 1. The van der Waals surface area contributed by atoms with Gasteiger partial charge in [0, 0.05) is 0 Å². The second kappa shape index (κ2) is 3.02. The predicted octanol–water partition coefficient (Wildman–Crippen LogP) is 1.43. The zero-order chi connectivity index (χ0) is 5.86. The molecule has 0 saturated heterocycles. The van der Waals surface area contributed by atoms with E-state index in [9.17, 15) is 0 Å². The molecule has 0 aliphatic heterocycles. The fourth-order valence-corrected chi connectivity index (χ4v) is 0.461. The summed E-state index contributed by atoms with van der Waals surface area (Å²) in [6, 6.07) is 0. The van der Waals surface area contributed by atoms with Gasteiger partial charge in [-0.25, -0.2) is 0 Å². The molecule has 0 heterocycles. The van der Waals surface area contributed by atoms with Gasteiger partial charge in [0.25, 0.3) is 0 Å². The molecule has 0 spiro atoms. The molecule has 0 aliphatic rings. The third-order valence-corrected chi connectivity index (χ3v) is 0.583. The molecule has 0 unspecified atom stereocenters. The highest BCUT2D eigenvalue weighted by molar-refractivity contribution is 9.11. The molecule has 0 atom stereocenters. The molecule has 0 fully saturated rings. The number of allylic oxidation sites excluding steroid dienone is 2. The summed E-state index contributed by atoms with van der Waals surface area (Å²) in [5.74, 6) is 0. The summed E-state index contributed by atoms with van der Waals surface area (Å²) in [5, 5.41) is 6.70. The van der Waals surface area contributed by atoms with Crippen LogP contribution in [0.4, 0.5) is 0 Å². The normalized spacial score (nSPS) is 11.4. The highest BCUT2D eigenvalue weighted by Gasteiger charge is 1.77. The van der Waals surface area contributed by atoms with Crippen molar-refractivity contribution in [3.05, 3.63) is 10.6 Å². The van der Waals surface area contributed by atoms with E-state index in [1.165, 1.54) is 6.08 Å². The molecule has 1 N–H and O–H groups in total. The van der Waals surface area contributed by atoms with Crippen molar-refractivity contribution >= 4 is 29.4 Å². The zero-order valence-electron chi connectivity index (χ0n) is 4.03. The van der Waals surface area contributed by atoms with Crippen LogP contribution in [0.3, 0.4) is 0 Å². The van der Waals surface area contributed by atoms with Crippen molar-refractivity contribution in [2.24, 2.45) is 0 Å². The molecule has 0 saturated carbocycles. The van der Waals surface area contributed by atoms with E-state index in [1.54, 1.807) is 0 Å². The summed E-state index contributed by atoms with van der Waals surface area (Å²) in [4.78, 5) is 0. The van der Waals surface area contributed by atoms with Gasteiger partial charge in [0.1, 0.15) is 7.85 Å². The van der Waals surface area contributed by atoms with Crippen molar-refractivity contribution in [1.29, 1.82) is 5.41 Å². The molecule has 0 aromatic rings. The minimum absolute atomic E-state index is 0.0781. The monoisotopic (exact) mass is 157 g/mol. The Hall–Kier alpha value is -0.0451. The number of hydrogen-bond donors (Lipinski definition) is 1. The van der Waals surface area contributed by atoms with Gasteiger partial charge in [0.2, 0.25) is 0 Å². The summed E-state index contributed by atoms with van der Waals surface area (Å²) in [6.07, 6.45) is 1.53. The maximum absolute atomic E-state index is 6.70. The Morgan fingerprint density at radius 2 is 2.29 bits per heavy atom. The van der Waals surface area contributed by atoms with Crippen molar-refractivity contribution in [1.82, 2.24) is 0 Å². The summed E-state index contributed by atoms with van der Waals surface area (Å²) in [7, 11) is 4.97. The predicted molar refractivity (Wildman–Crippen MR) is 36.2 cm³/mol. The third-order valence-electron chi connectivity index (χ3n) is 0.354. The first-order valence-electron chi connectivity index (χ1n) is 1.81. The molecular formula is C4H5BBrN. The van der Waals surface area contributed by atoms with Gasteiger partial charge in [0.05, 0.1) is 0 Å². The third kappa shape index (κ3) is 5.95. The van der Waals surface area contributed by atoms with Crippen molar-refractivity contribution in [2.75, 3.05) is 0 Å². The average Bonchev–Trinajstić information content (AvgIpc) is 1.27. The summed E-state index contributed by atoms with van der Waals surface area (Å²) >= 11 is 3.12. The topological polar surface area (TPSA) is 23.9 Å². The van der Waals surface area contributed by atoms with Crippen LogP contribution in [0.5, 0.6) is 0 Å². The summed E-state index contributed by atoms with van der Waals surface area (Å²) in [5.41, 5.74) is 0.0781. The van der Waals surface area contributed by atoms with Crippen LogP contribution in [0.15, 0.2) is 10.6 Å². The van der Waals surface area contributed by atoms with Gasteiger partial charge in [-0.1, -0.05) is 15.9 Å². The molecule has 0 aromatic carbocycles. The van der Waals surface area contributed by atoms with Gasteiger partial charge in [0.15, 0.2) is 0 Å². The van der Waals surface area contributed by atoms with Crippen LogP contribution in [0.2, 0.25) is 0 Å². The first-order chi connectivity index (χ1) is 3.13. The molecule has 3 heteroatoms. The lowest BCUT2D eigenvalue weighted by Crippen LogP contribution is -1.85. The van der Waals surface area contributed by atoms with E-state index in [2.05, 4.69) is 15.9 Å². The van der Waals surface area contributed by atoms with Gasteiger partial charge in [-0.05, 0) is 23.1 Å². The molecular weight excluding hydrogens is 153 g/mol. The first-order valence-corrected chi connectivity index (χ1v) is 2.60. The lowest BCUT2D eigenvalue weighted by atomic mass is 10.0. The van der Waals surface area contributed by atoms with E-state index in [1.807, 2.05) is 6.92 Å². The van der Waals surface area contributed by atoms with Crippen LogP contribution in [-0.2, 0) is 0 Å². The van der Waals surface area contributed by atoms with Gasteiger partial charge in [-0.15, -0.1) is 0 Å². The van der Waals surface area contributed by atoms with E-state index < -0.39 is 0 Å². The lowest BCUT2D eigenvalue weighted by Gasteiger charge is -1.82. The average molecular weight is 158 g/mol. The van der Waals surface area contributed by atoms with E-state index >= 15 is 0 Å². The minimum Gasteiger partial charge on any atom is -0.317 e. The highest BCUT2D eigenvalue weighted by atomic mass is 79.9.